The Hall–Kier alpha value is -1.44. The predicted octanol–water partition coefficient (Wildman–Crippen LogP) is 2.72. The first-order valence-electron chi connectivity index (χ1n) is 7.27. The Morgan fingerprint density at radius 2 is 1.26 bits per heavy atom. The second-order valence-corrected chi connectivity index (χ2v) is 6.51. The molecule has 0 saturated heterocycles. The molecule has 2 nitrogen and oxygen atoms in total. The summed E-state index contributed by atoms with van der Waals surface area (Å²) in [7, 11) is 0. The van der Waals surface area contributed by atoms with Crippen molar-refractivity contribution in [1.82, 2.24) is 0 Å². The summed E-state index contributed by atoms with van der Waals surface area (Å²) in [5.41, 5.74) is 2.97. The van der Waals surface area contributed by atoms with Crippen LogP contribution in [0.4, 0.5) is 0 Å². The number of allylic oxidation sites excluding steroid dienone is 6. The Morgan fingerprint density at radius 3 is 1.68 bits per heavy atom. The average molecular weight is 254 g/mol. The van der Waals surface area contributed by atoms with Crippen LogP contribution in [-0.4, -0.2) is 11.6 Å². The largest absolute Gasteiger partial charge is 0.294 e. The zero-order valence-electron chi connectivity index (χ0n) is 11.3. The van der Waals surface area contributed by atoms with Gasteiger partial charge in [0.15, 0.2) is 11.6 Å². The molecule has 0 aliphatic heterocycles. The highest BCUT2D eigenvalue weighted by Crippen LogP contribution is 2.57. The highest BCUT2D eigenvalue weighted by atomic mass is 16.1. The van der Waals surface area contributed by atoms with Crippen molar-refractivity contribution in [3.8, 4) is 0 Å². The molecule has 19 heavy (non-hydrogen) atoms. The van der Waals surface area contributed by atoms with Gasteiger partial charge >= 0.3 is 0 Å². The molecule has 0 radical (unpaired) electrons. The lowest BCUT2D eigenvalue weighted by Crippen LogP contribution is -2.45. The number of hydrogen-bond donors (Lipinski definition) is 0. The van der Waals surface area contributed by atoms with Crippen LogP contribution in [0.2, 0.25) is 0 Å². The fraction of sp³-hybridized carbons (Fsp3) is 0.529. The summed E-state index contributed by atoms with van der Waals surface area (Å²) < 4.78 is 0. The van der Waals surface area contributed by atoms with Crippen LogP contribution < -0.4 is 0 Å². The van der Waals surface area contributed by atoms with Gasteiger partial charge in [-0.1, -0.05) is 37.1 Å². The van der Waals surface area contributed by atoms with Gasteiger partial charge in [-0.05, 0) is 42.2 Å². The molecule has 0 spiro atoms. The van der Waals surface area contributed by atoms with Crippen molar-refractivity contribution in [1.29, 1.82) is 0 Å². The SMILES string of the molecule is C[C@@H]1C2=C([C@@H](C)[C@H]3C(=O)C=CC(=O)[C@@H]31)[C@H]1C=C[C@H]2C1. The minimum atomic E-state index is -0.112. The molecule has 0 aromatic heterocycles. The fourth-order valence-electron chi connectivity index (χ4n) is 5.03. The highest BCUT2D eigenvalue weighted by Gasteiger charge is 2.52. The molecule has 0 N–H and O–H groups in total. The van der Waals surface area contributed by atoms with Crippen molar-refractivity contribution in [2.24, 2.45) is 35.5 Å². The summed E-state index contributed by atoms with van der Waals surface area (Å²) in [5.74, 6) is 1.62. The number of carbonyl (C=O) groups excluding carboxylic acids is 2. The van der Waals surface area contributed by atoms with Gasteiger partial charge in [0, 0.05) is 11.8 Å². The van der Waals surface area contributed by atoms with E-state index < -0.39 is 0 Å². The predicted molar refractivity (Wildman–Crippen MR) is 72.2 cm³/mol. The number of fused-ring (bicyclic) bond motifs is 5. The van der Waals surface area contributed by atoms with E-state index in [4.69, 9.17) is 0 Å². The lowest BCUT2D eigenvalue weighted by Gasteiger charge is -2.43. The van der Waals surface area contributed by atoms with E-state index in [9.17, 15) is 9.59 Å². The smallest absolute Gasteiger partial charge is 0.160 e. The standard InChI is InChI=1S/C17H18O2/c1-8-14-10-3-4-11(7-10)15(14)9(2)17-13(19)6-5-12(18)16(8)17/h3-6,8-11,16-17H,7H2,1-2H3/t8-,9-,10+,11+,16+,17+/m1/s1. The molecular weight excluding hydrogens is 236 g/mol. The van der Waals surface area contributed by atoms with Gasteiger partial charge in [-0.3, -0.25) is 9.59 Å². The van der Waals surface area contributed by atoms with E-state index >= 15 is 0 Å². The molecule has 0 aromatic carbocycles. The first-order valence-corrected chi connectivity index (χ1v) is 7.27. The third kappa shape index (κ3) is 1.27. The summed E-state index contributed by atoms with van der Waals surface area (Å²) in [6, 6.07) is 0. The molecule has 2 heteroatoms. The molecule has 0 aromatic rings. The van der Waals surface area contributed by atoms with Crippen LogP contribution in [-0.2, 0) is 9.59 Å². The van der Waals surface area contributed by atoms with Gasteiger partial charge in [0.1, 0.15) is 0 Å². The van der Waals surface area contributed by atoms with Crippen LogP contribution in [0.5, 0.6) is 0 Å². The second kappa shape index (κ2) is 3.56. The second-order valence-electron chi connectivity index (χ2n) is 6.51. The van der Waals surface area contributed by atoms with E-state index in [1.54, 1.807) is 0 Å². The van der Waals surface area contributed by atoms with Crippen molar-refractivity contribution in [3.05, 3.63) is 35.5 Å². The Balaban J connectivity index is 1.86. The van der Waals surface area contributed by atoms with Crippen LogP contribution in [0.1, 0.15) is 20.3 Å². The van der Waals surface area contributed by atoms with Crippen LogP contribution in [0.25, 0.3) is 0 Å². The van der Waals surface area contributed by atoms with Gasteiger partial charge in [-0.2, -0.15) is 0 Å². The number of ketones is 2. The van der Waals surface area contributed by atoms with Gasteiger partial charge in [-0.25, -0.2) is 0 Å². The van der Waals surface area contributed by atoms with E-state index in [1.807, 2.05) is 0 Å². The van der Waals surface area contributed by atoms with Crippen LogP contribution in [0.15, 0.2) is 35.5 Å². The normalized spacial score (nSPS) is 46.8. The average Bonchev–Trinajstić information content (AvgIpc) is 2.99. The third-order valence-electron chi connectivity index (χ3n) is 5.73. The van der Waals surface area contributed by atoms with Crippen molar-refractivity contribution in [2.75, 3.05) is 0 Å². The Morgan fingerprint density at radius 1 is 0.842 bits per heavy atom. The monoisotopic (exact) mass is 254 g/mol. The minimum Gasteiger partial charge on any atom is -0.294 e. The van der Waals surface area contributed by atoms with E-state index in [0.717, 1.165) is 0 Å². The van der Waals surface area contributed by atoms with Gasteiger partial charge < -0.3 is 0 Å². The molecule has 4 aliphatic carbocycles. The lowest BCUT2D eigenvalue weighted by molar-refractivity contribution is -0.132. The maximum atomic E-state index is 12.2. The molecule has 6 atom stereocenters. The van der Waals surface area contributed by atoms with E-state index in [2.05, 4.69) is 26.0 Å². The van der Waals surface area contributed by atoms with Crippen molar-refractivity contribution in [2.45, 2.75) is 20.3 Å². The molecule has 0 fully saturated rings. The first kappa shape index (κ1) is 11.4. The summed E-state index contributed by atoms with van der Waals surface area (Å²) in [5, 5.41) is 0. The van der Waals surface area contributed by atoms with E-state index in [1.165, 1.54) is 29.7 Å². The Bertz CT molecular complexity index is 530. The van der Waals surface area contributed by atoms with Gasteiger partial charge in [0.2, 0.25) is 0 Å². The minimum absolute atomic E-state index is 0.112. The molecule has 0 heterocycles. The number of rotatable bonds is 0. The molecule has 0 unspecified atom stereocenters. The molecule has 2 bridgehead atoms. The topological polar surface area (TPSA) is 34.1 Å². The van der Waals surface area contributed by atoms with Crippen LogP contribution in [0, 0.1) is 35.5 Å². The molecular formula is C17H18O2. The first-order chi connectivity index (χ1) is 9.09. The third-order valence-corrected chi connectivity index (χ3v) is 5.73. The Kier molecular flexibility index (Phi) is 2.13. The lowest BCUT2D eigenvalue weighted by atomic mass is 9.59. The zero-order valence-corrected chi connectivity index (χ0v) is 11.3. The maximum Gasteiger partial charge on any atom is 0.160 e. The summed E-state index contributed by atoms with van der Waals surface area (Å²) in [4.78, 5) is 24.5. The summed E-state index contributed by atoms with van der Waals surface area (Å²) >= 11 is 0. The van der Waals surface area contributed by atoms with Crippen LogP contribution in [0.3, 0.4) is 0 Å². The zero-order chi connectivity index (χ0) is 13.3. The number of hydrogen-bond acceptors (Lipinski definition) is 2. The van der Waals surface area contributed by atoms with E-state index in [0.29, 0.717) is 11.8 Å². The summed E-state index contributed by atoms with van der Waals surface area (Å²) in [6.45, 7) is 4.30. The maximum absolute atomic E-state index is 12.2. The van der Waals surface area contributed by atoms with Crippen molar-refractivity contribution >= 4 is 11.6 Å². The molecule has 98 valence electrons. The van der Waals surface area contributed by atoms with Gasteiger partial charge in [0.05, 0.1) is 0 Å². The van der Waals surface area contributed by atoms with Gasteiger partial charge in [0.25, 0.3) is 0 Å². The van der Waals surface area contributed by atoms with Crippen LogP contribution >= 0.6 is 0 Å². The summed E-state index contributed by atoms with van der Waals surface area (Å²) in [6.07, 6.45) is 8.78. The number of carbonyl (C=O) groups is 2. The highest BCUT2D eigenvalue weighted by molar-refractivity contribution is 6.08. The van der Waals surface area contributed by atoms with Crippen molar-refractivity contribution < 1.29 is 9.59 Å². The van der Waals surface area contributed by atoms with Crippen molar-refractivity contribution in [3.63, 3.8) is 0 Å². The molecule has 4 aliphatic rings. The Labute approximate surface area is 113 Å². The van der Waals surface area contributed by atoms with Gasteiger partial charge in [-0.15, -0.1) is 0 Å². The van der Waals surface area contributed by atoms with E-state index in [-0.39, 0.29) is 35.2 Å². The fourth-order valence-corrected chi connectivity index (χ4v) is 5.03. The quantitative estimate of drug-likeness (QED) is 0.623. The molecule has 0 saturated carbocycles. The molecule has 4 rings (SSSR count). The molecule has 0 amide bonds.